The Labute approximate surface area is 160 Å². The predicted octanol–water partition coefficient (Wildman–Crippen LogP) is 2.13. The zero-order valence-electron chi connectivity index (χ0n) is 15.1. The molecule has 0 saturated carbocycles. The third-order valence-corrected chi connectivity index (χ3v) is 5.58. The van der Waals surface area contributed by atoms with Gasteiger partial charge in [-0.3, -0.25) is 4.57 Å². The fourth-order valence-corrected chi connectivity index (χ4v) is 4.17. The number of fused-ring (bicyclic) bond motifs is 3. The Morgan fingerprint density at radius 1 is 1.07 bits per heavy atom. The summed E-state index contributed by atoms with van der Waals surface area (Å²) in [5.41, 5.74) is 4.20. The third kappa shape index (κ3) is 2.58. The van der Waals surface area contributed by atoms with Crippen LogP contribution in [0.4, 0.5) is 4.79 Å². The average molecular weight is 377 g/mol. The van der Waals surface area contributed by atoms with Crippen molar-refractivity contribution in [3.05, 3.63) is 87.0 Å². The van der Waals surface area contributed by atoms with Gasteiger partial charge in [-0.25, -0.2) is 9.59 Å². The molecule has 142 valence electrons. The van der Waals surface area contributed by atoms with Crippen LogP contribution in [-0.2, 0) is 19.4 Å². The van der Waals surface area contributed by atoms with Crippen LogP contribution in [0, 0.1) is 0 Å². The molecule has 5 rings (SSSR count). The van der Waals surface area contributed by atoms with E-state index >= 15 is 0 Å². The van der Waals surface area contributed by atoms with Gasteiger partial charge in [0.1, 0.15) is 0 Å². The highest BCUT2D eigenvalue weighted by molar-refractivity contribution is 5.68. The summed E-state index contributed by atoms with van der Waals surface area (Å²) in [5.74, 6) is -0.332. The van der Waals surface area contributed by atoms with Gasteiger partial charge >= 0.3 is 11.8 Å². The summed E-state index contributed by atoms with van der Waals surface area (Å²) in [6.07, 6.45) is 1.30. The Balaban J connectivity index is 1.38. The van der Waals surface area contributed by atoms with Crippen LogP contribution >= 0.6 is 0 Å². The lowest BCUT2D eigenvalue weighted by Crippen LogP contribution is -2.39. The molecule has 0 radical (unpaired) electrons. The van der Waals surface area contributed by atoms with E-state index in [2.05, 4.69) is 5.32 Å². The minimum atomic E-state index is -0.764. The average Bonchev–Trinajstić information content (AvgIpc) is 3.21. The van der Waals surface area contributed by atoms with Gasteiger partial charge in [0.05, 0.1) is 18.3 Å². The summed E-state index contributed by atoms with van der Waals surface area (Å²) >= 11 is 0. The molecule has 1 aromatic heterocycles. The summed E-state index contributed by atoms with van der Waals surface area (Å²) in [6.45, 7) is 0.339. The first-order valence-electron chi connectivity index (χ1n) is 9.28. The lowest BCUT2D eigenvalue weighted by atomic mass is 9.99. The maximum absolute atomic E-state index is 12.7. The number of nitrogens with zero attached hydrogens (tertiary/aromatic N) is 2. The Kier molecular flexibility index (Phi) is 3.75. The van der Waals surface area contributed by atoms with E-state index in [1.165, 1.54) is 10.1 Å². The zero-order chi connectivity index (χ0) is 19.3. The Morgan fingerprint density at radius 3 is 2.61 bits per heavy atom. The van der Waals surface area contributed by atoms with E-state index in [0.29, 0.717) is 23.4 Å². The molecule has 0 fully saturated rings. The van der Waals surface area contributed by atoms with Crippen LogP contribution in [0.25, 0.3) is 0 Å². The maximum atomic E-state index is 12.7. The van der Waals surface area contributed by atoms with Crippen molar-refractivity contribution >= 4 is 6.09 Å². The molecule has 7 heteroatoms. The number of imidazole rings is 1. The Bertz CT molecular complexity index is 1140. The molecule has 1 atom stereocenters. The number of amides is 1. The smallest absolute Gasteiger partial charge is 0.432 e. The van der Waals surface area contributed by atoms with Crippen molar-refractivity contribution < 1.29 is 14.7 Å². The molecule has 1 amide bonds. The molecule has 1 aliphatic carbocycles. The number of hydrogen-bond acceptors (Lipinski definition) is 4. The fraction of sp³-hybridized carbons (Fsp3) is 0.238. The summed E-state index contributed by atoms with van der Waals surface area (Å²) in [6, 6.07) is 15.5. The standard InChI is InChI=1S/C21H19N3O4/c25-19-18-11-14-6-1-2-7-15(14)12-23(18)21(27)24(19)28-20(26)22-17-10-9-13-5-3-4-8-16(13)17/h1-8,17,25H,9-12H2,(H,22,26). The monoisotopic (exact) mass is 377 g/mol. The second-order valence-electron chi connectivity index (χ2n) is 7.19. The first kappa shape index (κ1) is 16.7. The van der Waals surface area contributed by atoms with Gasteiger partial charge in [0.2, 0.25) is 0 Å². The molecule has 0 saturated heterocycles. The fourth-order valence-electron chi connectivity index (χ4n) is 4.17. The molecule has 3 aromatic rings. The van der Waals surface area contributed by atoms with E-state index < -0.39 is 11.8 Å². The molecule has 1 unspecified atom stereocenters. The van der Waals surface area contributed by atoms with E-state index in [1.54, 1.807) is 0 Å². The molecule has 0 spiro atoms. The predicted molar refractivity (Wildman–Crippen MR) is 101 cm³/mol. The van der Waals surface area contributed by atoms with E-state index in [0.717, 1.165) is 29.5 Å². The van der Waals surface area contributed by atoms with Crippen LogP contribution in [-0.4, -0.2) is 20.5 Å². The second kappa shape index (κ2) is 6.30. The molecule has 0 bridgehead atoms. The van der Waals surface area contributed by atoms with Gasteiger partial charge in [-0.2, -0.15) is 0 Å². The van der Waals surface area contributed by atoms with E-state index in [4.69, 9.17) is 4.84 Å². The van der Waals surface area contributed by atoms with Crippen molar-refractivity contribution in [1.29, 1.82) is 0 Å². The van der Waals surface area contributed by atoms with E-state index in [1.807, 2.05) is 48.5 Å². The molecular weight excluding hydrogens is 358 g/mol. The van der Waals surface area contributed by atoms with Gasteiger partial charge in [-0.05, 0) is 35.1 Å². The van der Waals surface area contributed by atoms with Crippen LogP contribution in [0.1, 0.15) is 40.4 Å². The summed E-state index contributed by atoms with van der Waals surface area (Å²) < 4.78 is 2.12. The number of aryl methyl sites for hydroxylation is 1. The number of nitrogens with one attached hydrogen (secondary N) is 1. The number of aromatic hydroxyl groups is 1. The van der Waals surface area contributed by atoms with Crippen molar-refractivity contribution in [2.24, 2.45) is 0 Å². The van der Waals surface area contributed by atoms with Gasteiger partial charge < -0.3 is 15.3 Å². The molecule has 28 heavy (non-hydrogen) atoms. The van der Waals surface area contributed by atoms with Crippen LogP contribution in [0.2, 0.25) is 0 Å². The Hall–Kier alpha value is -3.48. The van der Waals surface area contributed by atoms with Crippen LogP contribution in [0.15, 0.2) is 53.3 Å². The number of rotatable bonds is 2. The number of carbonyl (C=O) groups is 1. The van der Waals surface area contributed by atoms with Crippen molar-refractivity contribution in [1.82, 2.24) is 14.6 Å². The summed E-state index contributed by atoms with van der Waals surface area (Å²) in [7, 11) is 0. The maximum Gasteiger partial charge on any atom is 0.432 e. The third-order valence-electron chi connectivity index (χ3n) is 5.58. The quantitative estimate of drug-likeness (QED) is 0.560. The topological polar surface area (TPSA) is 85.5 Å². The molecular formula is C21H19N3O4. The van der Waals surface area contributed by atoms with Gasteiger partial charge in [0.25, 0.3) is 5.88 Å². The lowest BCUT2D eigenvalue weighted by Gasteiger charge is -2.17. The van der Waals surface area contributed by atoms with E-state index in [9.17, 15) is 14.7 Å². The number of carbonyl (C=O) groups excluding carboxylic acids is 1. The molecule has 2 N–H and O–H groups in total. The normalized spacial score (nSPS) is 16.8. The first-order valence-corrected chi connectivity index (χ1v) is 9.28. The van der Waals surface area contributed by atoms with Gasteiger partial charge in [0.15, 0.2) is 0 Å². The van der Waals surface area contributed by atoms with Gasteiger partial charge in [-0.1, -0.05) is 53.3 Å². The van der Waals surface area contributed by atoms with Gasteiger partial charge in [-0.15, -0.1) is 0 Å². The van der Waals surface area contributed by atoms with E-state index in [-0.39, 0.29) is 11.9 Å². The minimum absolute atomic E-state index is 0.164. The molecule has 7 nitrogen and oxygen atoms in total. The molecule has 1 aliphatic heterocycles. The van der Waals surface area contributed by atoms with Crippen LogP contribution < -0.4 is 15.8 Å². The highest BCUT2D eigenvalue weighted by Crippen LogP contribution is 2.31. The first-order chi connectivity index (χ1) is 13.6. The van der Waals surface area contributed by atoms with Crippen molar-refractivity contribution in [3.8, 4) is 5.88 Å². The molecule has 2 aromatic carbocycles. The summed E-state index contributed by atoms with van der Waals surface area (Å²) in [4.78, 5) is 30.3. The number of benzene rings is 2. The largest absolute Gasteiger partial charge is 0.491 e. The highest BCUT2D eigenvalue weighted by Gasteiger charge is 2.28. The van der Waals surface area contributed by atoms with Crippen molar-refractivity contribution in [2.75, 3.05) is 0 Å². The molecule has 2 heterocycles. The molecule has 2 aliphatic rings. The summed E-state index contributed by atoms with van der Waals surface area (Å²) in [5, 5.41) is 13.3. The SMILES string of the molecule is O=C(NC1CCc2ccccc21)On1c(O)c2n(c1=O)Cc1ccccc1C2. The lowest BCUT2D eigenvalue weighted by molar-refractivity contribution is 0.112. The van der Waals surface area contributed by atoms with Crippen LogP contribution in [0.3, 0.4) is 0 Å². The second-order valence-corrected chi connectivity index (χ2v) is 7.19. The van der Waals surface area contributed by atoms with Gasteiger partial charge in [0, 0.05) is 6.42 Å². The zero-order valence-corrected chi connectivity index (χ0v) is 15.1. The number of aromatic nitrogens is 2. The minimum Gasteiger partial charge on any atom is -0.491 e. The van der Waals surface area contributed by atoms with Crippen LogP contribution in [0.5, 0.6) is 5.88 Å². The Morgan fingerprint density at radius 2 is 1.79 bits per heavy atom. The van der Waals surface area contributed by atoms with Crippen molar-refractivity contribution in [3.63, 3.8) is 0 Å². The number of hydrogen-bond donors (Lipinski definition) is 2. The van der Waals surface area contributed by atoms with Crippen molar-refractivity contribution in [2.45, 2.75) is 31.8 Å². The highest BCUT2D eigenvalue weighted by atomic mass is 16.7.